The molecule has 92 valence electrons. The highest BCUT2D eigenvalue weighted by Gasteiger charge is 1.92. The first kappa shape index (κ1) is 12.1. The molecule has 0 aliphatic heterocycles. The zero-order valence-electron chi connectivity index (χ0n) is 9.58. The molecule has 0 saturated carbocycles. The van der Waals surface area contributed by atoms with Crippen LogP contribution in [-0.2, 0) is 4.99 Å². The maximum atomic E-state index is 8.21. The van der Waals surface area contributed by atoms with Gasteiger partial charge in [-0.1, -0.05) is 12.1 Å². The Morgan fingerprint density at radius 3 is 2.33 bits per heavy atom. The lowest BCUT2D eigenvalue weighted by Gasteiger charge is -2.00. The van der Waals surface area contributed by atoms with Gasteiger partial charge in [-0.15, -0.1) is 4.99 Å². The van der Waals surface area contributed by atoms with Gasteiger partial charge in [0.05, 0.1) is 11.4 Å². The van der Waals surface area contributed by atoms with Gasteiger partial charge < -0.3 is 5.73 Å². The number of hydrogen-bond donors (Lipinski definition) is 3. The highest BCUT2D eigenvalue weighted by Crippen LogP contribution is 2.16. The molecule has 0 unspecified atom stereocenters. The van der Waals surface area contributed by atoms with Crippen LogP contribution >= 0.6 is 0 Å². The summed E-state index contributed by atoms with van der Waals surface area (Å²) in [4.78, 5) is 8.12. The summed E-state index contributed by atoms with van der Waals surface area (Å²) in [6, 6.07) is 14.5. The van der Waals surface area contributed by atoms with Gasteiger partial charge in [0.25, 0.3) is 0 Å². The van der Waals surface area contributed by atoms with Gasteiger partial charge in [0.1, 0.15) is 0 Å². The topological polar surface area (TPSA) is 79.9 Å². The van der Waals surface area contributed by atoms with E-state index in [0.29, 0.717) is 5.69 Å². The van der Waals surface area contributed by atoms with Gasteiger partial charge in [-0.25, -0.2) is 10.7 Å². The van der Waals surface area contributed by atoms with Crippen LogP contribution in [0, 0.1) is 0 Å². The first-order chi connectivity index (χ1) is 8.78. The second-order valence-electron chi connectivity index (χ2n) is 3.67. The molecule has 0 radical (unpaired) electrons. The summed E-state index contributed by atoms with van der Waals surface area (Å²) < 4.78 is 0. The molecule has 0 fully saturated rings. The highest BCUT2D eigenvalue weighted by molar-refractivity contribution is 5.82. The van der Waals surface area contributed by atoms with Crippen LogP contribution in [0.25, 0.3) is 0 Å². The molecule has 5 nitrogen and oxygen atoms in total. The zero-order chi connectivity index (χ0) is 12.8. The molecule has 0 saturated heterocycles. The lowest BCUT2D eigenvalue weighted by Crippen LogP contribution is -1.94. The molecule has 18 heavy (non-hydrogen) atoms. The molecule has 0 heterocycles. The summed E-state index contributed by atoms with van der Waals surface area (Å²) in [5.41, 5.74) is 11.0. The first-order valence-electron chi connectivity index (χ1n) is 5.34. The first-order valence-corrected chi connectivity index (χ1v) is 5.34. The van der Waals surface area contributed by atoms with Gasteiger partial charge in [-0.3, -0.25) is 4.99 Å². The average molecular weight is 243 g/mol. The van der Waals surface area contributed by atoms with E-state index < -0.39 is 0 Å². The monoisotopic (exact) mass is 243 g/mol. The van der Waals surface area contributed by atoms with Crippen molar-refractivity contribution in [1.82, 2.24) is 0 Å². The maximum Gasteiger partial charge on any atom is 0.0636 e. The van der Waals surface area contributed by atoms with Crippen molar-refractivity contribution in [3.05, 3.63) is 54.1 Å². The van der Waals surface area contributed by atoms with E-state index in [9.17, 15) is 0 Å². The van der Waals surface area contributed by atoms with E-state index >= 15 is 0 Å². The molecule has 0 amide bonds. The predicted octanol–water partition coefficient (Wildman–Crippen LogP) is 2.84. The summed E-state index contributed by atoms with van der Waals surface area (Å²) in [5, 5.41) is 8.21. The van der Waals surface area contributed by atoms with E-state index in [1.807, 2.05) is 24.3 Å². The molecule has 2 rings (SSSR count). The van der Waals surface area contributed by atoms with Crippen molar-refractivity contribution in [1.29, 1.82) is 0 Å². The van der Waals surface area contributed by atoms with E-state index in [2.05, 4.69) is 15.5 Å². The molecule has 5 heteroatoms. The molecule has 0 bridgehead atoms. The quantitative estimate of drug-likeness (QED) is 0.334. The van der Waals surface area contributed by atoms with E-state index in [-0.39, 0.29) is 0 Å². The fourth-order valence-corrected chi connectivity index (χ4v) is 1.40. The van der Waals surface area contributed by atoms with Crippen molar-refractivity contribution >= 4 is 23.3 Å². The fourth-order valence-electron chi connectivity index (χ4n) is 1.40. The summed E-state index contributed by atoms with van der Waals surface area (Å²) >= 11 is 0. The molecule has 0 spiro atoms. The fraction of sp³-hybridized carbons (Fsp3) is 0. The van der Waals surface area contributed by atoms with Crippen LogP contribution in [0.15, 0.2) is 53.5 Å². The Hall–Kier alpha value is -2.37. The standard InChI is InChI=1S/C13H13N3O2/c14-11-3-1-10(2-4-11)9-15-12-5-7-13(8-6-12)16-18-17/h1-9,16-17H,14H2. The highest BCUT2D eigenvalue weighted by atomic mass is 17.2. The van der Waals surface area contributed by atoms with Crippen LogP contribution in [0.2, 0.25) is 0 Å². The Kier molecular flexibility index (Phi) is 3.90. The molecule has 0 aliphatic rings. The van der Waals surface area contributed by atoms with Gasteiger partial charge in [0, 0.05) is 11.9 Å². The van der Waals surface area contributed by atoms with Crippen LogP contribution < -0.4 is 11.2 Å². The summed E-state index contributed by atoms with van der Waals surface area (Å²) in [6.45, 7) is 0. The minimum atomic E-state index is 0.643. The third-order valence-corrected chi connectivity index (χ3v) is 2.33. The van der Waals surface area contributed by atoms with Crippen LogP contribution in [0.4, 0.5) is 17.1 Å². The van der Waals surface area contributed by atoms with Crippen LogP contribution in [0.1, 0.15) is 5.56 Å². The zero-order valence-corrected chi connectivity index (χ0v) is 9.58. The smallest absolute Gasteiger partial charge is 0.0636 e. The van der Waals surface area contributed by atoms with Crippen molar-refractivity contribution in [2.75, 3.05) is 11.2 Å². The number of benzene rings is 2. The Balaban J connectivity index is 2.06. The predicted molar refractivity (Wildman–Crippen MR) is 71.9 cm³/mol. The van der Waals surface area contributed by atoms with Gasteiger partial charge in [-0.05, 0) is 42.0 Å². The largest absolute Gasteiger partial charge is 0.399 e. The van der Waals surface area contributed by atoms with Crippen LogP contribution in [0.5, 0.6) is 0 Å². The molecule has 0 atom stereocenters. The van der Waals surface area contributed by atoms with Crippen molar-refractivity contribution in [2.45, 2.75) is 0 Å². The lowest BCUT2D eigenvalue weighted by molar-refractivity contribution is -0.215. The molecule has 0 aromatic heterocycles. The molecule has 4 N–H and O–H groups in total. The number of hydrogen-bond acceptors (Lipinski definition) is 5. The molecular formula is C13H13N3O2. The van der Waals surface area contributed by atoms with Gasteiger partial charge >= 0.3 is 0 Å². The normalized spacial score (nSPS) is 10.7. The number of aliphatic imine (C=N–C) groups is 1. The summed E-state index contributed by atoms with van der Waals surface area (Å²) in [7, 11) is 0. The lowest BCUT2D eigenvalue weighted by atomic mass is 10.2. The number of nitrogens with zero attached hydrogens (tertiary/aromatic N) is 1. The number of nitrogen functional groups attached to an aromatic ring is 1. The summed E-state index contributed by atoms with van der Waals surface area (Å²) in [5.74, 6) is 0. The van der Waals surface area contributed by atoms with E-state index in [1.54, 1.807) is 30.5 Å². The number of nitrogens with one attached hydrogen (secondary N) is 1. The average Bonchev–Trinajstić information content (AvgIpc) is 2.40. The van der Waals surface area contributed by atoms with Gasteiger partial charge in [0.2, 0.25) is 0 Å². The molecular weight excluding hydrogens is 230 g/mol. The Morgan fingerprint density at radius 2 is 1.72 bits per heavy atom. The Bertz CT molecular complexity index is 521. The minimum Gasteiger partial charge on any atom is -0.399 e. The van der Waals surface area contributed by atoms with Crippen molar-refractivity contribution in [3.63, 3.8) is 0 Å². The third kappa shape index (κ3) is 3.31. The Labute approximate surface area is 104 Å². The third-order valence-electron chi connectivity index (χ3n) is 2.33. The van der Waals surface area contributed by atoms with E-state index in [4.69, 9.17) is 11.0 Å². The molecule has 0 aliphatic carbocycles. The number of anilines is 2. The molecule has 2 aromatic rings. The second-order valence-corrected chi connectivity index (χ2v) is 3.67. The van der Waals surface area contributed by atoms with Crippen molar-refractivity contribution < 1.29 is 10.2 Å². The minimum absolute atomic E-state index is 0.643. The van der Waals surface area contributed by atoms with E-state index in [0.717, 1.165) is 16.9 Å². The van der Waals surface area contributed by atoms with Crippen LogP contribution in [0.3, 0.4) is 0 Å². The maximum absolute atomic E-state index is 8.21. The Morgan fingerprint density at radius 1 is 1.06 bits per heavy atom. The van der Waals surface area contributed by atoms with Crippen molar-refractivity contribution in [2.24, 2.45) is 4.99 Å². The second kappa shape index (κ2) is 5.81. The summed E-state index contributed by atoms with van der Waals surface area (Å²) in [6.07, 6.45) is 1.75. The molecule has 2 aromatic carbocycles. The van der Waals surface area contributed by atoms with Gasteiger partial charge in [0.15, 0.2) is 0 Å². The van der Waals surface area contributed by atoms with Crippen molar-refractivity contribution in [3.8, 4) is 0 Å². The van der Waals surface area contributed by atoms with E-state index in [1.165, 1.54) is 0 Å². The number of nitrogens with two attached hydrogens (primary N) is 1. The van der Waals surface area contributed by atoms with Gasteiger partial charge in [-0.2, -0.15) is 0 Å². The SMILES string of the molecule is Nc1ccc(C=Nc2ccc(NOO)cc2)cc1. The number of rotatable bonds is 4. The van der Waals surface area contributed by atoms with Crippen LogP contribution in [-0.4, -0.2) is 11.5 Å².